The molecule has 0 radical (unpaired) electrons. The molecule has 23 heavy (non-hydrogen) atoms. The molecule has 4 heterocycles. The van der Waals surface area contributed by atoms with Crippen molar-refractivity contribution in [3.63, 3.8) is 0 Å². The Morgan fingerprint density at radius 3 is 3.04 bits per heavy atom. The standard InChI is InChI=1S/C17H20N4O2/c1-20-7-4-13(10-20)17(22)21-8-5-15-14(11-21)19-16(23-15)12-3-2-6-18-9-12/h2-3,6,9,13H,4-5,7-8,10-11H2,1H3. The number of fused-ring (bicyclic) bond motifs is 1. The van der Waals surface area contributed by atoms with Gasteiger partial charge in [-0.3, -0.25) is 9.78 Å². The molecule has 0 N–H and O–H groups in total. The van der Waals surface area contributed by atoms with Gasteiger partial charge in [-0.25, -0.2) is 4.98 Å². The molecule has 6 nitrogen and oxygen atoms in total. The quantitative estimate of drug-likeness (QED) is 0.842. The second-order valence-corrected chi connectivity index (χ2v) is 6.39. The number of nitrogens with zero attached hydrogens (tertiary/aromatic N) is 4. The van der Waals surface area contributed by atoms with Crippen LogP contribution in [-0.2, 0) is 17.8 Å². The molecule has 6 heteroatoms. The molecule has 0 aromatic carbocycles. The van der Waals surface area contributed by atoms with Crippen molar-refractivity contribution in [3.05, 3.63) is 36.0 Å². The van der Waals surface area contributed by atoms with Gasteiger partial charge in [-0.15, -0.1) is 0 Å². The number of aromatic nitrogens is 2. The van der Waals surface area contributed by atoms with Crippen molar-refractivity contribution in [3.8, 4) is 11.5 Å². The molecule has 2 aromatic rings. The van der Waals surface area contributed by atoms with E-state index in [0.717, 1.165) is 42.9 Å². The monoisotopic (exact) mass is 312 g/mol. The van der Waals surface area contributed by atoms with Crippen LogP contribution in [0.5, 0.6) is 0 Å². The average Bonchev–Trinajstić information content (AvgIpc) is 3.20. The van der Waals surface area contributed by atoms with Crippen molar-refractivity contribution in [2.24, 2.45) is 5.92 Å². The van der Waals surface area contributed by atoms with Crippen LogP contribution in [-0.4, -0.2) is 52.4 Å². The second-order valence-electron chi connectivity index (χ2n) is 6.39. The highest BCUT2D eigenvalue weighted by atomic mass is 16.4. The molecule has 1 fully saturated rings. The zero-order valence-corrected chi connectivity index (χ0v) is 13.2. The third-order valence-corrected chi connectivity index (χ3v) is 4.69. The molecule has 120 valence electrons. The van der Waals surface area contributed by atoms with Crippen molar-refractivity contribution in [1.29, 1.82) is 0 Å². The zero-order chi connectivity index (χ0) is 15.8. The van der Waals surface area contributed by atoms with E-state index in [4.69, 9.17) is 4.42 Å². The fourth-order valence-corrected chi connectivity index (χ4v) is 3.39. The lowest BCUT2D eigenvalue weighted by Crippen LogP contribution is -2.40. The number of amides is 1. The SMILES string of the molecule is CN1CCC(C(=O)N2CCc3oc(-c4cccnc4)nc3C2)C1. The zero-order valence-electron chi connectivity index (χ0n) is 13.2. The number of carbonyl (C=O) groups is 1. The maximum absolute atomic E-state index is 12.7. The predicted molar refractivity (Wildman–Crippen MR) is 84.5 cm³/mol. The van der Waals surface area contributed by atoms with E-state index in [1.807, 2.05) is 17.0 Å². The largest absolute Gasteiger partial charge is 0.441 e. The number of pyridine rings is 1. The summed E-state index contributed by atoms with van der Waals surface area (Å²) < 4.78 is 5.87. The van der Waals surface area contributed by atoms with Crippen LogP contribution in [0.4, 0.5) is 0 Å². The number of carbonyl (C=O) groups excluding carboxylic acids is 1. The Morgan fingerprint density at radius 1 is 1.39 bits per heavy atom. The molecule has 0 bridgehead atoms. The number of likely N-dealkylation sites (tertiary alicyclic amines) is 1. The lowest BCUT2D eigenvalue weighted by Gasteiger charge is -2.27. The van der Waals surface area contributed by atoms with Gasteiger partial charge in [-0.1, -0.05) is 0 Å². The topological polar surface area (TPSA) is 62.5 Å². The first kappa shape index (κ1) is 14.4. The molecular weight excluding hydrogens is 292 g/mol. The molecule has 0 saturated carbocycles. The van der Waals surface area contributed by atoms with Crippen molar-refractivity contribution in [2.45, 2.75) is 19.4 Å². The van der Waals surface area contributed by atoms with Crippen LogP contribution in [0.25, 0.3) is 11.5 Å². The van der Waals surface area contributed by atoms with E-state index in [9.17, 15) is 4.79 Å². The third-order valence-electron chi connectivity index (χ3n) is 4.69. The molecule has 1 saturated heterocycles. The number of rotatable bonds is 2. The van der Waals surface area contributed by atoms with Gasteiger partial charge >= 0.3 is 0 Å². The Balaban J connectivity index is 1.51. The Morgan fingerprint density at radius 2 is 2.30 bits per heavy atom. The minimum absolute atomic E-state index is 0.131. The second kappa shape index (κ2) is 5.77. The van der Waals surface area contributed by atoms with E-state index in [1.165, 1.54) is 0 Å². The van der Waals surface area contributed by atoms with Gasteiger partial charge in [0.1, 0.15) is 11.5 Å². The average molecular weight is 312 g/mol. The van der Waals surface area contributed by atoms with Crippen LogP contribution >= 0.6 is 0 Å². The molecule has 2 aromatic heterocycles. The summed E-state index contributed by atoms with van der Waals surface area (Å²) in [6.45, 7) is 3.14. The summed E-state index contributed by atoms with van der Waals surface area (Å²) in [5, 5.41) is 0. The first-order valence-corrected chi connectivity index (χ1v) is 8.07. The maximum Gasteiger partial charge on any atom is 0.228 e. The summed E-state index contributed by atoms with van der Waals surface area (Å²) in [5.74, 6) is 1.88. The fraction of sp³-hybridized carbons (Fsp3) is 0.471. The van der Waals surface area contributed by atoms with E-state index in [0.29, 0.717) is 19.0 Å². The van der Waals surface area contributed by atoms with Gasteiger partial charge in [0.05, 0.1) is 18.0 Å². The molecule has 2 aliphatic heterocycles. The summed E-state index contributed by atoms with van der Waals surface area (Å²) in [6, 6.07) is 3.80. The third kappa shape index (κ3) is 2.74. The highest BCUT2D eigenvalue weighted by Gasteiger charge is 2.33. The van der Waals surface area contributed by atoms with Crippen LogP contribution < -0.4 is 0 Å². The van der Waals surface area contributed by atoms with Crippen molar-refractivity contribution < 1.29 is 9.21 Å². The van der Waals surface area contributed by atoms with Gasteiger partial charge in [0.25, 0.3) is 0 Å². The van der Waals surface area contributed by atoms with E-state index in [-0.39, 0.29) is 11.8 Å². The molecule has 2 aliphatic rings. The highest BCUT2D eigenvalue weighted by Crippen LogP contribution is 2.27. The molecular formula is C17H20N4O2. The lowest BCUT2D eigenvalue weighted by molar-refractivity contribution is -0.136. The summed E-state index contributed by atoms with van der Waals surface area (Å²) in [4.78, 5) is 25.5. The van der Waals surface area contributed by atoms with Crippen molar-refractivity contribution >= 4 is 5.91 Å². The lowest BCUT2D eigenvalue weighted by atomic mass is 10.1. The first-order chi connectivity index (χ1) is 11.2. The van der Waals surface area contributed by atoms with Gasteiger partial charge in [-0.05, 0) is 32.1 Å². The van der Waals surface area contributed by atoms with Crippen LogP contribution in [0.1, 0.15) is 17.9 Å². The summed E-state index contributed by atoms with van der Waals surface area (Å²) >= 11 is 0. The van der Waals surface area contributed by atoms with Gasteiger partial charge < -0.3 is 14.2 Å². The fourth-order valence-electron chi connectivity index (χ4n) is 3.39. The predicted octanol–water partition coefficient (Wildman–Crippen LogP) is 1.57. The normalized spacial score (nSPS) is 21.4. The summed E-state index contributed by atoms with van der Waals surface area (Å²) in [7, 11) is 2.07. The summed E-state index contributed by atoms with van der Waals surface area (Å²) in [5.41, 5.74) is 1.76. The Labute approximate surface area is 135 Å². The van der Waals surface area contributed by atoms with Crippen molar-refractivity contribution in [1.82, 2.24) is 19.8 Å². The number of hydrogen-bond donors (Lipinski definition) is 0. The van der Waals surface area contributed by atoms with Gasteiger partial charge in [0.15, 0.2) is 0 Å². The highest BCUT2D eigenvalue weighted by molar-refractivity contribution is 5.79. The minimum atomic E-state index is 0.131. The molecule has 4 rings (SSSR count). The van der Waals surface area contributed by atoms with Crippen molar-refractivity contribution in [2.75, 3.05) is 26.7 Å². The van der Waals surface area contributed by atoms with Gasteiger partial charge in [0.2, 0.25) is 11.8 Å². The minimum Gasteiger partial charge on any atom is -0.441 e. The maximum atomic E-state index is 12.7. The molecule has 1 amide bonds. The van der Waals surface area contributed by atoms with E-state index < -0.39 is 0 Å². The smallest absolute Gasteiger partial charge is 0.228 e. The van der Waals surface area contributed by atoms with Crippen LogP contribution in [0.15, 0.2) is 28.9 Å². The number of oxazole rings is 1. The molecule has 0 spiro atoms. The number of hydrogen-bond acceptors (Lipinski definition) is 5. The van der Waals surface area contributed by atoms with Crippen LogP contribution in [0, 0.1) is 5.92 Å². The van der Waals surface area contributed by atoms with Gasteiger partial charge in [0, 0.05) is 31.9 Å². The van der Waals surface area contributed by atoms with E-state index in [2.05, 4.69) is 21.9 Å². The molecule has 1 unspecified atom stereocenters. The summed E-state index contributed by atoms with van der Waals surface area (Å²) in [6.07, 6.45) is 5.16. The Kier molecular flexibility index (Phi) is 3.61. The molecule has 1 atom stereocenters. The Hall–Kier alpha value is -2.21. The van der Waals surface area contributed by atoms with E-state index in [1.54, 1.807) is 12.4 Å². The first-order valence-electron chi connectivity index (χ1n) is 8.07. The van der Waals surface area contributed by atoms with E-state index >= 15 is 0 Å². The Bertz CT molecular complexity index is 713. The van der Waals surface area contributed by atoms with Crippen LogP contribution in [0.2, 0.25) is 0 Å². The van der Waals surface area contributed by atoms with Crippen LogP contribution in [0.3, 0.4) is 0 Å². The van der Waals surface area contributed by atoms with Gasteiger partial charge in [-0.2, -0.15) is 0 Å². The molecule has 0 aliphatic carbocycles.